The number of aromatic nitrogens is 2. The predicted octanol–water partition coefficient (Wildman–Crippen LogP) is 5.67. The third-order valence-corrected chi connectivity index (χ3v) is 8.19. The molecule has 244 valence electrons. The second-order valence-electron chi connectivity index (χ2n) is 11.9. The van der Waals surface area contributed by atoms with Gasteiger partial charge in [-0.3, -0.25) is 19.9 Å². The number of alkyl halides is 3. The number of aryl methyl sites for hydroxylation is 1. The molecule has 3 heterocycles. The van der Waals surface area contributed by atoms with Crippen LogP contribution in [-0.2, 0) is 14.9 Å². The molecular formula is C33H29F4N5O5. The fourth-order valence-corrected chi connectivity index (χ4v) is 5.34. The van der Waals surface area contributed by atoms with Gasteiger partial charge in [-0.15, -0.1) is 0 Å². The molecule has 2 aromatic heterocycles. The summed E-state index contributed by atoms with van der Waals surface area (Å²) in [6, 6.07) is 10.5. The number of fused-ring (bicyclic) bond motifs is 2. The van der Waals surface area contributed by atoms with Crippen LogP contribution in [0.15, 0.2) is 54.7 Å². The van der Waals surface area contributed by atoms with Crippen molar-refractivity contribution in [3.05, 3.63) is 82.9 Å². The quantitative estimate of drug-likeness (QED) is 0.208. The molecule has 0 spiro atoms. The highest BCUT2D eigenvalue weighted by molar-refractivity contribution is 6.05. The van der Waals surface area contributed by atoms with Crippen molar-refractivity contribution in [2.45, 2.75) is 50.3 Å². The first-order valence-corrected chi connectivity index (χ1v) is 14.7. The van der Waals surface area contributed by atoms with Crippen LogP contribution < -0.4 is 21.1 Å². The van der Waals surface area contributed by atoms with Gasteiger partial charge >= 0.3 is 12.3 Å². The van der Waals surface area contributed by atoms with Gasteiger partial charge in [0.25, 0.3) is 5.91 Å². The molecule has 10 nitrogen and oxygen atoms in total. The molecule has 47 heavy (non-hydrogen) atoms. The van der Waals surface area contributed by atoms with Crippen molar-refractivity contribution >= 4 is 34.5 Å². The zero-order valence-electron chi connectivity index (χ0n) is 25.2. The number of amides is 3. The molecular weight excluding hydrogens is 622 g/mol. The Hall–Kier alpha value is -5.27. The van der Waals surface area contributed by atoms with Crippen molar-refractivity contribution in [3.8, 4) is 17.0 Å². The van der Waals surface area contributed by atoms with Gasteiger partial charge in [-0.25, -0.2) is 14.2 Å². The fraction of sp³-hybridized carbons (Fsp3) is 0.303. The first-order chi connectivity index (χ1) is 22.2. The van der Waals surface area contributed by atoms with Gasteiger partial charge in [-0.05, 0) is 80.8 Å². The van der Waals surface area contributed by atoms with Gasteiger partial charge in [0.15, 0.2) is 0 Å². The number of primary amides is 1. The summed E-state index contributed by atoms with van der Waals surface area (Å²) < 4.78 is 68.7. The summed E-state index contributed by atoms with van der Waals surface area (Å²) in [5.74, 6) is -4.51. The monoisotopic (exact) mass is 651 g/mol. The first kappa shape index (κ1) is 31.7. The minimum absolute atomic E-state index is 0.0313. The van der Waals surface area contributed by atoms with E-state index in [1.807, 2.05) is 0 Å². The lowest BCUT2D eigenvalue weighted by atomic mass is 9.82. The molecule has 14 heteroatoms. The standard InChI is InChI=1S/C33H29F4N5O5/c1-16-9-18-10-19(11-25(26(18)39-13-16)42-31(45)47-21-7-8-21)29(43)40-14-23(33(35,36)37)24-12-22-28(46-15-32(22,2)30(38)44)27(41-24)17-3-5-20(34)6-4-17/h3-6,9-13,21,23H,7-8,14-15H2,1-2H3,(H2,38,44)(H,40,43)(H,42,45)/t23?,32-/m0/s1. The molecule has 2 aliphatic rings. The van der Waals surface area contributed by atoms with E-state index in [0.717, 1.165) is 36.6 Å². The molecule has 4 aromatic rings. The lowest BCUT2D eigenvalue weighted by molar-refractivity contribution is -0.149. The van der Waals surface area contributed by atoms with E-state index in [9.17, 15) is 31.9 Å². The number of halogens is 4. The topological polar surface area (TPSA) is 146 Å². The van der Waals surface area contributed by atoms with Crippen molar-refractivity contribution in [1.82, 2.24) is 15.3 Å². The van der Waals surface area contributed by atoms with Crippen molar-refractivity contribution in [3.63, 3.8) is 0 Å². The maximum Gasteiger partial charge on any atom is 0.411 e. The van der Waals surface area contributed by atoms with E-state index < -0.39 is 53.5 Å². The smallest absolute Gasteiger partial charge is 0.411 e. The van der Waals surface area contributed by atoms with Crippen LogP contribution in [-0.4, -0.2) is 53.3 Å². The van der Waals surface area contributed by atoms with Crippen molar-refractivity contribution in [2.24, 2.45) is 5.73 Å². The molecule has 6 rings (SSSR count). The van der Waals surface area contributed by atoms with E-state index in [0.29, 0.717) is 10.9 Å². The van der Waals surface area contributed by atoms with E-state index in [1.165, 1.54) is 31.2 Å². The highest BCUT2D eigenvalue weighted by Gasteiger charge is 2.47. The number of rotatable bonds is 8. The summed E-state index contributed by atoms with van der Waals surface area (Å²) >= 11 is 0. The Kier molecular flexibility index (Phi) is 7.98. The number of benzene rings is 2. The number of nitrogens with two attached hydrogens (primary N) is 1. The number of nitrogens with one attached hydrogen (secondary N) is 2. The fourth-order valence-electron chi connectivity index (χ4n) is 5.34. The molecule has 1 saturated carbocycles. The lowest BCUT2D eigenvalue weighted by Gasteiger charge is -2.24. The van der Waals surface area contributed by atoms with Gasteiger partial charge in [0.05, 0.1) is 16.9 Å². The van der Waals surface area contributed by atoms with Gasteiger partial charge in [0.2, 0.25) is 5.91 Å². The maximum atomic E-state index is 14.7. The van der Waals surface area contributed by atoms with Gasteiger partial charge in [0.1, 0.15) is 41.3 Å². The second kappa shape index (κ2) is 11.8. The summed E-state index contributed by atoms with van der Waals surface area (Å²) in [5.41, 5.74) is 5.23. The van der Waals surface area contributed by atoms with Crippen molar-refractivity contribution in [1.29, 1.82) is 0 Å². The molecule has 0 radical (unpaired) electrons. The Morgan fingerprint density at radius 3 is 2.51 bits per heavy atom. The van der Waals surface area contributed by atoms with Crippen LogP contribution in [0.5, 0.6) is 5.75 Å². The average Bonchev–Trinajstić information content (AvgIpc) is 3.75. The summed E-state index contributed by atoms with van der Waals surface area (Å²) in [7, 11) is 0. The number of nitrogens with zero attached hydrogens (tertiary/aromatic N) is 2. The number of hydrogen-bond donors (Lipinski definition) is 3. The zero-order valence-corrected chi connectivity index (χ0v) is 25.2. The molecule has 0 saturated heterocycles. The normalized spacial score (nSPS) is 17.8. The van der Waals surface area contributed by atoms with Gasteiger partial charge < -0.3 is 20.5 Å². The minimum Gasteiger partial charge on any atom is -0.489 e. The van der Waals surface area contributed by atoms with Crippen LogP contribution in [0.1, 0.15) is 52.9 Å². The Bertz CT molecular complexity index is 1910. The molecule has 1 aliphatic heterocycles. The minimum atomic E-state index is -4.90. The Labute approximate surface area is 265 Å². The number of hydrogen-bond acceptors (Lipinski definition) is 7. The van der Waals surface area contributed by atoms with Gasteiger partial charge in [-0.2, -0.15) is 13.2 Å². The van der Waals surface area contributed by atoms with Crippen LogP contribution in [0, 0.1) is 12.7 Å². The van der Waals surface area contributed by atoms with Gasteiger partial charge in [-0.1, -0.05) is 0 Å². The van der Waals surface area contributed by atoms with Crippen LogP contribution in [0.3, 0.4) is 0 Å². The van der Waals surface area contributed by atoms with E-state index in [-0.39, 0.29) is 46.5 Å². The Morgan fingerprint density at radius 2 is 1.85 bits per heavy atom. The maximum absolute atomic E-state index is 14.7. The third-order valence-electron chi connectivity index (χ3n) is 8.19. The lowest BCUT2D eigenvalue weighted by Crippen LogP contribution is -2.40. The largest absolute Gasteiger partial charge is 0.489 e. The number of ether oxygens (including phenoxy) is 2. The van der Waals surface area contributed by atoms with Crippen LogP contribution in [0.2, 0.25) is 0 Å². The predicted molar refractivity (Wildman–Crippen MR) is 162 cm³/mol. The summed E-state index contributed by atoms with van der Waals surface area (Å²) in [6.45, 7) is 2.07. The second-order valence-corrected chi connectivity index (χ2v) is 11.9. The molecule has 2 aromatic carbocycles. The highest BCUT2D eigenvalue weighted by atomic mass is 19.4. The molecule has 1 unspecified atom stereocenters. The van der Waals surface area contributed by atoms with Crippen molar-refractivity contribution < 1.29 is 41.4 Å². The van der Waals surface area contributed by atoms with Crippen LogP contribution in [0.4, 0.5) is 28.0 Å². The summed E-state index contributed by atoms with van der Waals surface area (Å²) in [6.07, 6.45) is -2.77. The molecule has 2 atom stereocenters. The summed E-state index contributed by atoms with van der Waals surface area (Å²) in [4.78, 5) is 46.8. The summed E-state index contributed by atoms with van der Waals surface area (Å²) in [5, 5.41) is 5.41. The van der Waals surface area contributed by atoms with E-state index in [1.54, 1.807) is 19.2 Å². The zero-order chi connectivity index (χ0) is 33.7. The number of carbonyl (C=O) groups is 3. The molecule has 4 N–H and O–H groups in total. The molecule has 0 bridgehead atoms. The van der Waals surface area contributed by atoms with E-state index in [2.05, 4.69) is 20.6 Å². The Balaban J connectivity index is 1.35. The highest BCUT2D eigenvalue weighted by Crippen LogP contribution is 2.46. The Morgan fingerprint density at radius 1 is 1.13 bits per heavy atom. The third kappa shape index (κ3) is 6.40. The molecule has 3 amide bonds. The van der Waals surface area contributed by atoms with Gasteiger partial charge in [0, 0.05) is 34.8 Å². The van der Waals surface area contributed by atoms with Crippen LogP contribution in [0.25, 0.3) is 22.2 Å². The number of carbonyl (C=O) groups excluding carboxylic acids is 3. The number of anilines is 1. The van der Waals surface area contributed by atoms with E-state index in [4.69, 9.17) is 15.2 Å². The molecule has 1 aliphatic carbocycles. The first-order valence-electron chi connectivity index (χ1n) is 14.7. The SMILES string of the molecule is Cc1cnc2c(NC(=O)OC3CC3)cc(C(=O)NCC(c3cc4c(c(-c5ccc(F)cc5)n3)OC[C@]4(C)C(N)=O)C(F)(F)F)cc2c1. The number of pyridine rings is 2. The van der Waals surface area contributed by atoms with Crippen LogP contribution >= 0.6 is 0 Å². The average molecular weight is 652 g/mol. The molecule has 1 fully saturated rings. The van der Waals surface area contributed by atoms with Crippen molar-refractivity contribution in [2.75, 3.05) is 18.5 Å². The van der Waals surface area contributed by atoms with E-state index >= 15 is 0 Å².